The molecule has 0 saturated carbocycles. The molecule has 0 unspecified atom stereocenters. The summed E-state index contributed by atoms with van der Waals surface area (Å²) in [7, 11) is 0. The molecule has 1 aromatic rings. The highest BCUT2D eigenvalue weighted by Gasteiger charge is 2.23. The quantitative estimate of drug-likeness (QED) is 0.523. The zero-order valence-electron chi connectivity index (χ0n) is 17.0. The first kappa shape index (κ1) is 22.4. The molecule has 0 aliphatic carbocycles. The Morgan fingerprint density at radius 1 is 1.19 bits per heavy atom. The Bertz CT molecular complexity index is 572. The summed E-state index contributed by atoms with van der Waals surface area (Å²) < 4.78 is 11.0. The molecule has 0 bridgehead atoms. The maximum Gasteiger partial charge on any atom is 0.311 e. The second-order valence-electron chi connectivity index (χ2n) is 8.17. The third-order valence-corrected chi connectivity index (χ3v) is 4.20. The van der Waals surface area contributed by atoms with Gasteiger partial charge in [-0.3, -0.25) is 4.79 Å². The van der Waals surface area contributed by atoms with E-state index in [-0.39, 0.29) is 24.4 Å². The van der Waals surface area contributed by atoms with Crippen molar-refractivity contribution in [1.29, 1.82) is 0 Å². The molecular formula is C22H34O4. The van der Waals surface area contributed by atoms with Gasteiger partial charge in [0, 0.05) is 11.8 Å². The van der Waals surface area contributed by atoms with Gasteiger partial charge in [0.05, 0.1) is 24.7 Å². The van der Waals surface area contributed by atoms with Crippen molar-refractivity contribution in [2.24, 2.45) is 17.3 Å². The first-order valence-corrected chi connectivity index (χ1v) is 9.25. The predicted molar refractivity (Wildman–Crippen MR) is 105 cm³/mol. The fourth-order valence-corrected chi connectivity index (χ4v) is 2.55. The van der Waals surface area contributed by atoms with Gasteiger partial charge in [0.1, 0.15) is 6.61 Å². The van der Waals surface area contributed by atoms with E-state index < -0.39 is 11.5 Å². The van der Waals surface area contributed by atoms with Crippen molar-refractivity contribution < 1.29 is 19.4 Å². The average Bonchev–Trinajstić information content (AvgIpc) is 2.58. The van der Waals surface area contributed by atoms with Crippen molar-refractivity contribution >= 4 is 5.97 Å². The molecule has 0 amide bonds. The third kappa shape index (κ3) is 8.15. The van der Waals surface area contributed by atoms with Crippen LogP contribution in [-0.2, 0) is 20.9 Å². The summed E-state index contributed by atoms with van der Waals surface area (Å²) in [6, 6.07) is 9.99. The van der Waals surface area contributed by atoms with Crippen LogP contribution in [0.15, 0.2) is 42.0 Å². The minimum atomic E-state index is -0.515. The van der Waals surface area contributed by atoms with E-state index in [2.05, 4.69) is 0 Å². The molecule has 0 aromatic heterocycles. The Morgan fingerprint density at radius 3 is 2.38 bits per heavy atom. The predicted octanol–water partition coefficient (Wildman–Crippen LogP) is 4.37. The minimum absolute atomic E-state index is 0.00916. The van der Waals surface area contributed by atoms with Crippen molar-refractivity contribution in [3.63, 3.8) is 0 Å². The van der Waals surface area contributed by atoms with Crippen LogP contribution >= 0.6 is 0 Å². The summed E-state index contributed by atoms with van der Waals surface area (Å²) in [6.07, 6.45) is 1.45. The highest BCUT2D eigenvalue weighted by atomic mass is 16.5. The molecule has 3 atom stereocenters. The SMILES string of the molecule is C/C(=C/[C@H](C)[C@@H](O)[C@@H](C)COCc1ccccc1)COC(=O)C(C)(C)C. The maximum atomic E-state index is 11.8. The fraction of sp³-hybridized carbons (Fsp3) is 0.591. The van der Waals surface area contributed by atoms with E-state index in [4.69, 9.17) is 9.47 Å². The summed E-state index contributed by atoms with van der Waals surface area (Å²) in [4.78, 5) is 11.8. The van der Waals surface area contributed by atoms with E-state index in [9.17, 15) is 9.90 Å². The molecular weight excluding hydrogens is 328 g/mol. The van der Waals surface area contributed by atoms with E-state index in [1.165, 1.54) is 0 Å². The van der Waals surface area contributed by atoms with Crippen LogP contribution in [-0.4, -0.2) is 30.4 Å². The topological polar surface area (TPSA) is 55.8 Å². The molecule has 0 aliphatic heterocycles. The van der Waals surface area contributed by atoms with Crippen LogP contribution in [0.25, 0.3) is 0 Å². The minimum Gasteiger partial charge on any atom is -0.461 e. The summed E-state index contributed by atoms with van der Waals surface area (Å²) in [5.74, 6) is -0.255. The van der Waals surface area contributed by atoms with Crippen molar-refractivity contribution in [2.45, 2.75) is 54.3 Å². The zero-order valence-corrected chi connectivity index (χ0v) is 17.0. The lowest BCUT2D eigenvalue weighted by atomic mass is 9.92. The number of carbonyl (C=O) groups is 1. The van der Waals surface area contributed by atoms with Gasteiger partial charge in [0.15, 0.2) is 0 Å². The summed E-state index contributed by atoms with van der Waals surface area (Å²) in [5, 5.41) is 10.5. The van der Waals surface area contributed by atoms with Crippen LogP contribution in [0.1, 0.15) is 47.1 Å². The number of hydrogen-bond donors (Lipinski definition) is 1. The Hall–Kier alpha value is -1.65. The number of ether oxygens (including phenoxy) is 2. The number of aliphatic hydroxyl groups is 1. The van der Waals surface area contributed by atoms with Crippen molar-refractivity contribution in [3.8, 4) is 0 Å². The number of benzene rings is 1. The molecule has 1 aromatic carbocycles. The Kier molecular flexibility index (Phi) is 9.03. The molecule has 4 nitrogen and oxygen atoms in total. The van der Waals surface area contributed by atoms with E-state index in [0.29, 0.717) is 13.2 Å². The number of hydrogen-bond acceptors (Lipinski definition) is 4. The van der Waals surface area contributed by atoms with Crippen LogP contribution in [0.2, 0.25) is 0 Å². The van der Waals surface area contributed by atoms with Gasteiger partial charge in [0.2, 0.25) is 0 Å². The molecule has 4 heteroatoms. The second kappa shape index (κ2) is 10.5. The van der Waals surface area contributed by atoms with Crippen LogP contribution in [0.5, 0.6) is 0 Å². The monoisotopic (exact) mass is 362 g/mol. The van der Waals surface area contributed by atoms with Crippen molar-refractivity contribution in [1.82, 2.24) is 0 Å². The lowest BCUT2D eigenvalue weighted by molar-refractivity contribution is -0.151. The molecule has 0 heterocycles. The van der Waals surface area contributed by atoms with Gasteiger partial charge in [-0.25, -0.2) is 0 Å². The van der Waals surface area contributed by atoms with E-state index in [1.54, 1.807) is 0 Å². The van der Waals surface area contributed by atoms with Gasteiger partial charge in [-0.05, 0) is 38.8 Å². The van der Waals surface area contributed by atoms with Gasteiger partial charge >= 0.3 is 5.97 Å². The van der Waals surface area contributed by atoms with E-state index >= 15 is 0 Å². The molecule has 0 spiro atoms. The highest BCUT2D eigenvalue weighted by molar-refractivity contribution is 5.75. The normalized spacial score (nSPS) is 16.0. The van der Waals surface area contributed by atoms with Crippen LogP contribution in [0.3, 0.4) is 0 Å². The fourth-order valence-electron chi connectivity index (χ4n) is 2.55. The number of aliphatic hydroxyl groups excluding tert-OH is 1. The van der Waals surface area contributed by atoms with Crippen LogP contribution in [0, 0.1) is 17.3 Å². The maximum absolute atomic E-state index is 11.8. The molecule has 26 heavy (non-hydrogen) atoms. The summed E-state index contributed by atoms with van der Waals surface area (Å²) in [6.45, 7) is 12.6. The van der Waals surface area contributed by atoms with Crippen LogP contribution in [0.4, 0.5) is 0 Å². The van der Waals surface area contributed by atoms with Gasteiger partial charge in [-0.15, -0.1) is 0 Å². The first-order valence-electron chi connectivity index (χ1n) is 9.25. The molecule has 0 fully saturated rings. The molecule has 146 valence electrons. The van der Waals surface area contributed by atoms with Crippen LogP contribution < -0.4 is 0 Å². The van der Waals surface area contributed by atoms with E-state index in [0.717, 1.165) is 11.1 Å². The van der Waals surface area contributed by atoms with E-state index in [1.807, 2.05) is 78.0 Å². The second-order valence-corrected chi connectivity index (χ2v) is 8.17. The zero-order chi connectivity index (χ0) is 19.7. The summed E-state index contributed by atoms with van der Waals surface area (Å²) >= 11 is 0. The summed E-state index contributed by atoms with van der Waals surface area (Å²) in [5.41, 5.74) is 1.56. The van der Waals surface area contributed by atoms with Gasteiger partial charge in [-0.1, -0.05) is 50.3 Å². The average molecular weight is 363 g/mol. The lowest BCUT2D eigenvalue weighted by Gasteiger charge is -2.23. The Labute approximate surface area is 158 Å². The molecule has 0 radical (unpaired) electrons. The Balaban J connectivity index is 2.41. The number of carbonyl (C=O) groups excluding carboxylic acids is 1. The lowest BCUT2D eigenvalue weighted by Crippen LogP contribution is -2.28. The smallest absolute Gasteiger partial charge is 0.311 e. The largest absolute Gasteiger partial charge is 0.461 e. The molecule has 1 rings (SSSR count). The number of esters is 1. The number of rotatable bonds is 9. The van der Waals surface area contributed by atoms with Crippen molar-refractivity contribution in [2.75, 3.05) is 13.2 Å². The van der Waals surface area contributed by atoms with Gasteiger partial charge < -0.3 is 14.6 Å². The standard InChI is InChI=1S/C22H34O4/c1-16(13-26-21(24)22(4,5)6)12-17(2)20(23)18(3)14-25-15-19-10-8-7-9-11-19/h7-12,17-18,20,23H,13-15H2,1-6H3/b16-12-/t17-,18-,20+/m0/s1. The molecule has 0 saturated heterocycles. The third-order valence-electron chi connectivity index (χ3n) is 4.20. The molecule has 0 aliphatic rings. The van der Waals surface area contributed by atoms with Crippen molar-refractivity contribution in [3.05, 3.63) is 47.5 Å². The first-order chi connectivity index (χ1) is 12.1. The van der Waals surface area contributed by atoms with Gasteiger partial charge in [0.25, 0.3) is 0 Å². The molecule has 1 N–H and O–H groups in total. The Morgan fingerprint density at radius 2 is 1.81 bits per heavy atom. The van der Waals surface area contributed by atoms with Gasteiger partial charge in [-0.2, -0.15) is 0 Å². The highest BCUT2D eigenvalue weighted by Crippen LogP contribution is 2.19.